The number of rotatable bonds is 4. The molecule has 6 nitrogen and oxygen atoms in total. The highest BCUT2D eigenvalue weighted by Gasteiger charge is 2.04. The molecule has 0 aromatic carbocycles. The van der Waals surface area contributed by atoms with Crippen molar-refractivity contribution >= 4 is 12.0 Å². The normalized spacial score (nSPS) is 11.6. The van der Waals surface area contributed by atoms with Gasteiger partial charge in [0.1, 0.15) is 5.70 Å². The third-order valence-corrected chi connectivity index (χ3v) is 1.63. The number of hydrogen-bond donors (Lipinski definition) is 2. The van der Waals surface area contributed by atoms with E-state index in [2.05, 4.69) is 10.3 Å². The summed E-state index contributed by atoms with van der Waals surface area (Å²) in [7, 11) is 0. The Morgan fingerprint density at radius 3 is 3.07 bits per heavy atom. The molecule has 3 N–H and O–H groups in total. The Kier molecular flexibility index (Phi) is 3.22. The summed E-state index contributed by atoms with van der Waals surface area (Å²) in [6.07, 6.45) is 3.72. The van der Waals surface area contributed by atoms with Crippen molar-refractivity contribution in [3.05, 3.63) is 17.6 Å². The summed E-state index contributed by atoms with van der Waals surface area (Å²) >= 11 is 0. The number of hydrogen-bond acceptors (Lipinski definition) is 4. The van der Waals surface area contributed by atoms with Gasteiger partial charge in [-0.05, 0) is 12.5 Å². The van der Waals surface area contributed by atoms with Crippen molar-refractivity contribution in [1.29, 1.82) is 0 Å². The average molecular weight is 196 g/mol. The van der Waals surface area contributed by atoms with Gasteiger partial charge in [0.25, 0.3) is 0 Å². The molecule has 1 aromatic heterocycles. The van der Waals surface area contributed by atoms with Gasteiger partial charge in [-0.1, -0.05) is 12.1 Å². The van der Waals surface area contributed by atoms with Gasteiger partial charge in [0, 0.05) is 6.54 Å². The molecule has 14 heavy (non-hydrogen) atoms. The first-order valence-corrected chi connectivity index (χ1v) is 4.24. The van der Waals surface area contributed by atoms with Gasteiger partial charge < -0.3 is 10.8 Å². The zero-order valence-corrected chi connectivity index (χ0v) is 7.84. The summed E-state index contributed by atoms with van der Waals surface area (Å²) in [6, 6.07) is 0. The van der Waals surface area contributed by atoms with Gasteiger partial charge in [-0.25, -0.2) is 9.48 Å². The van der Waals surface area contributed by atoms with Crippen LogP contribution < -0.4 is 5.73 Å². The highest BCUT2D eigenvalue weighted by molar-refractivity contribution is 5.90. The molecule has 0 spiro atoms. The molecule has 0 aliphatic rings. The van der Waals surface area contributed by atoms with Crippen LogP contribution in [0.2, 0.25) is 0 Å². The zero-order chi connectivity index (χ0) is 10.6. The monoisotopic (exact) mass is 196 g/mol. The topological polar surface area (TPSA) is 94.0 Å². The van der Waals surface area contributed by atoms with Crippen LogP contribution in [0.4, 0.5) is 0 Å². The predicted molar refractivity (Wildman–Crippen MR) is 50.1 cm³/mol. The third-order valence-electron chi connectivity index (χ3n) is 1.63. The van der Waals surface area contributed by atoms with E-state index in [1.807, 2.05) is 6.92 Å². The molecule has 0 aliphatic carbocycles. The molecular formula is C8H12N4O2. The van der Waals surface area contributed by atoms with E-state index in [4.69, 9.17) is 10.8 Å². The molecule has 0 bridgehead atoms. The van der Waals surface area contributed by atoms with E-state index in [1.165, 1.54) is 12.3 Å². The SMILES string of the molecule is CCCn1nncc1/C=C(/N)C(=O)O. The number of aliphatic carboxylic acids is 1. The van der Waals surface area contributed by atoms with E-state index in [0.717, 1.165) is 6.42 Å². The summed E-state index contributed by atoms with van der Waals surface area (Å²) in [6.45, 7) is 2.69. The molecule has 1 aromatic rings. The molecule has 1 rings (SSSR count). The van der Waals surface area contributed by atoms with Crippen molar-refractivity contribution < 1.29 is 9.90 Å². The molecule has 76 valence electrons. The highest BCUT2D eigenvalue weighted by atomic mass is 16.4. The van der Waals surface area contributed by atoms with Gasteiger partial charge in [-0.3, -0.25) is 0 Å². The Labute approximate surface area is 81.0 Å². The van der Waals surface area contributed by atoms with Crippen molar-refractivity contribution in [2.45, 2.75) is 19.9 Å². The zero-order valence-electron chi connectivity index (χ0n) is 7.84. The molecule has 0 atom stereocenters. The van der Waals surface area contributed by atoms with Crippen LogP contribution in [0.15, 0.2) is 11.9 Å². The third kappa shape index (κ3) is 2.32. The van der Waals surface area contributed by atoms with Crippen molar-refractivity contribution in [3.8, 4) is 0 Å². The lowest BCUT2D eigenvalue weighted by molar-refractivity contribution is -0.132. The molecule has 6 heteroatoms. The number of nitrogens with two attached hydrogens (primary N) is 1. The maximum Gasteiger partial charge on any atom is 0.351 e. The molecule has 0 aliphatic heterocycles. The number of carbonyl (C=O) groups is 1. The molecule has 0 saturated heterocycles. The summed E-state index contributed by atoms with van der Waals surface area (Å²) in [5.41, 5.74) is 5.65. The first-order valence-electron chi connectivity index (χ1n) is 4.24. The molecule has 0 radical (unpaired) electrons. The van der Waals surface area contributed by atoms with Gasteiger partial charge in [-0.15, -0.1) is 5.10 Å². The molecule has 0 unspecified atom stereocenters. The Morgan fingerprint density at radius 1 is 1.79 bits per heavy atom. The van der Waals surface area contributed by atoms with Gasteiger partial charge in [-0.2, -0.15) is 0 Å². The first kappa shape index (κ1) is 10.2. The van der Waals surface area contributed by atoms with Crippen LogP contribution in [-0.2, 0) is 11.3 Å². The van der Waals surface area contributed by atoms with E-state index in [-0.39, 0.29) is 5.70 Å². The maximum absolute atomic E-state index is 10.5. The summed E-state index contributed by atoms with van der Waals surface area (Å²) in [5.74, 6) is -1.14. The van der Waals surface area contributed by atoms with Crippen LogP contribution in [0.5, 0.6) is 0 Å². The minimum atomic E-state index is -1.14. The Morgan fingerprint density at radius 2 is 2.50 bits per heavy atom. The van der Waals surface area contributed by atoms with Crippen LogP contribution in [0.25, 0.3) is 6.08 Å². The minimum Gasteiger partial charge on any atom is -0.477 e. The van der Waals surface area contributed by atoms with Gasteiger partial charge in [0.2, 0.25) is 0 Å². The van der Waals surface area contributed by atoms with E-state index in [0.29, 0.717) is 12.2 Å². The quantitative estimate of drug-likeness (QED) is 0.664. The molecular weight excluding hydrogens is 184 g/mol. The summed E-state index contributed by atoms with van der Waals surface area (Å²) in [4.78, 5) is 10.5. The van der Waals surface area contributed by atoms with Gasteiger partial charge in [0.05, 0.1) is 11.9 Å². The second-order valence-electron chi connectivity index (χ2n) is 2.79. The van der Waals surface area contributed by atoms with E-state index >= 15 is 0 Å². The van der Waals surface area contributed by atoms with Crippen molar-refractivity contribution in [3.63, 3.8) is 0 Å². The Balaban J connectivity index is 2.90. The number of aryl methyl sites for hydroxylation is 1. The lowest BCUT2D eigenvalue weighted by atomic mass is 10.3. The fraction of sp³-hybridized carbons (Fsp3) is 0.375. The lowest BCUT2D eigenvalue weighted by Gasteiger charge is -1.99. The maximum atomic E-state index is 10.5. The van der Waals surface area contributed by atoms with Gasteiger partial charge in [0.15, 0.2) is 0 Å². The fourth-order valence-corrected chi connectivity index (χ4v) is 0.984. The van der Waals surface area contributed by atoms with Crippen molar-refractivity contribution in [2.75, 3.05) is 0 Å². The number of nitrogens with zero attached hydrogens (tertiary/aromatic N) is 3. The van der Waals surface area contributed by atoms with E-state index < -0.39 is 5.97 Å². The number of carboxylic acid groups (broad SMARTS) is 1. The Bertz CT molecular complexity index is 356. The first-order chi connectivity index (χ1) is 6.65. The van der Waals surface area contributed by atoms with Crippen LogP contribution in [0, 0.1) is 0 Å². The predicted octanol–water partition coefficient (Wildman–Crippen LogP) is 0.0723. The highest BCUT2D eigenvalue weighted by Crippen LogP contribution is 2.02. The Hall–Kier alpha value is -1.85. The molecule has 0 saturated carbocycles. The van der Waals surface area contributed by atoms with Crippen LogP contribution >= 0.6 is 0 Å². The van der Waals surface area contributed by atoms with Crippen LogP contribution in [0.1, 0.15) is 19.0 Å². The molecule has 0 amide bonds. The van der Waals surface area contributed by atoms with Gasteiger partial charge >= 0.3 is 5.97 Å². The number of carboxylic acids is 1. The standard InChI is InChI=1S/C8H12N4O2/c1-2-3-12-6(5-10-11-12)4-7(9)8(13)14/h4-5H,2-3,9H2,1H3,(H,13,14)/b7-4+. The second-order valence-corrected chi connectivity index (χ2v) is 2.79. The van der Waals surface area contributed by atoms with Crippen LogP contribution in [0.3, 0.4) is 0 Å². The summed E-state index contributed by atoms with van der Waals surface area (Å²) in [5, 5.41) is 16.0. The summed E-state index contributed by atoms with van der Waals surface area (Å²) < 4.78 is 1.61. The van der Waals surface area contributed by atoms with E-state index in [1.54, 1.807) is 4.68 Å². The van der Waals surface area contributed by atoms with Crippen molar-refractivity contribution in [1.82, 2.24) is 15.0 Å². The fourth-order valence-electron chi connectivity index (χ4n) is 0.984. The molecule has 1 heterocycles. The molecule has 0 fully saturated rings. The van der Waals surface area contributed by atoms with E-state index in [9.17, 15) is 4.79 Å². The second kappa shape index (κ2) is 4.40. The number of aromatic nitrogens is 3. The van der Waals surface area contributed by atoms with Crippen LogP contribution in [-0.4, -0.2) is 26.1 Å². The largest absolute Gasteiger partial charge is 0.477 e. The smallest absolute Gasteiger partial charge is 0.351 e. The average Bonchev–Trinajstić information content (AvgIpc) is 2.53. The lowest BCUT2D eigenvalue weighted by Crippen LogP contribution is -2.10. The minimum absolute atomic E-state index is 0.218. The van der Waals surface area contributed by atoms with Crippen molar-refractivity contribution in [2.24, 2.45) is 5.73 Å².